The molecule has 2 unspecified atom stereocenters. The summed E-state index contributed by atoms with van der Waals surface area (Å²) in [5.41, 5.74) is 5.82. The third-order valence-corrected chi connectivity index (χ3v) is 6.48. The number of piperidine rings is 1. The molecule has 2 bridgehead atoms. The zero-order valence-electron chi connectivity index (χ0n) is 16.1. The molecule has 1 fully saturated rings. The van der Waals surface area contributed by atoms with E-state index < -0.39 is 0 Å². The van der Waals surface area contributed by atoms with Gasteiger partial charge in [0.05, 0.1) is 0 Å². The molecular weight excluding hydrogens is 326 g/mol. The molecule has 2 aliphatic heterocycles. The molecule has 1 heteroatoms. The zero-order valence-corrected chi connectivity index (χ0v) is 16.1. The molecule has 3 aromatic carbocycles. The van der Waals surface area contributed by atoms with Crippen molar-refractivity contribution in [1.82, 2.24) is 4.90 Å². The SMILES string of the molecule is Cc1ccc(C2=CC3CCCC(C2)N3Cc2ccccc2)c2ccccc12. The highest BCUT2D eigenvalue weighted by atomic mass is 15.2. The average molecular weight is 354 g/mol. The third-order valence-electron chi connectivity index (χ3n) is 6.48. The average Bonchev–Trinajstić information content (AvgIpc) is 2.69. The van der Waals surface area contributed by atoms with Gasteiger partial charge in [-0.25, -0.2) is 0 Å². The van der Waals surface area contributed by atoms with Crippen LogP contribution in [0.3, 0.4) is 0 Å². The van der Waals surface area contributed by atoms with Crippen molar-refractivity contribution in [2.45, 2.75) is 51.2 Å². The molecule has 0 saturated carbocycles. The van der Waals surface area contributed by atoms with Crippen LogP contribution in [0.4, 0.5) is 0 Å². The maximum atomic E-state index is 2.75. The normalized spacial score (nSPS) is 22.6. The predicted octanol–water partition coefficient (Wildman–Crippen LogP) is 6.36. The van der Waals surface area contributed by atoms with Gasteiger partial charge in [-0.05, 0) is 59.2 Å². The number of hydrogen-bond acceptors (Lipinski definition) is 1. The number of aryl methyl sites for hydroxylation is 1. The molecule has 2 aliphatic rings. The summed E-state index contributed by atoms with van der Waals surface area (Å²) >= 11 is 0. The van der Waals surface area contributed by atoms with Crippen LogP contribution in [0.5, 0.6) is 0 Å². The van der Waals surface area contributed by atoms with E-state index >= 15 is 0 Å². The molecule has 0 amide bonds. The second-order valence-corrected chi connectivity index (χ2v) is 8.18. The molecule has 1 nitrogen and oxygen atoms in total. The quantitative estimate of drug-likeness (QED) is 0.529. The fourth-order valence-corrected chi connectivity index (χ4v) is 5.09. The Morgan fingerprint density at radius 2 is 1.63 bits per heavy atom. The summed E-state index contributed by atoms with van der Waals surface area (Å²) in [5.74, 6) is 0. The maximum Gasteiger partial charge on any atom is 0.0290 e. The molecule has 0 N–H and O–H groups in total. The lowest BCUT2D eigenvalue weighted by atomic mass is 9.81. The highest BCUT2D eigenvalue weighted by Gasteiger charge is 2.34. The van der Waals surface area contributed by atoms with Crippen LogP contribution in [0.1, 0.15) is 42.4 Å². The molecule has 0 radical (unpaired) electrons. The summed E-state index contributed by atoms with van der Waals surface area (Å²) in [6, 6.07) is 25.8. The third kappa shape index (κ3) is 3.11. The van der Waals surface area contributed by atoms with E-state index in [1.165, 1.54) is 53.1 Å². The highest BCUT2D eigenvalue weighted by molar-refractivity contribution is 5.96. The molecule has 0 spiro atoms. The molecule has 3 aromatic rings. The topological polar surface area (TPSA) is 3.24 Å². The summed E-state index contributed by atoms with van der Waals surface area (Å²) in [6.07, 6.45) is 7.73. The second kappa shape index (κ2) is 6.98. The van der Waals surface area contributed by atoms with Crippen molar-refractivity contribution in [1.29, 1.82) is 0 Å². The minimum Gasteiger partial charge on any atom is -0.289 e. The van der Waals surface area contributed by atoms with Crippen molar-refractivity contribution in [2.75, 3.05) is 0 Å². The molecule has 2 heterocycles. The van der Waals surface area contributed by atoms with Gasteiger partial charge >= 0.3 is 0 Å². The van der Waals surface area contributed by atoms with E-state index in [1.54, 1.807) is 5.57 Å². The fraction of sp³-hybridized carbons (Fsp3) is 0.308. The summed E-state index contributed by atoms with van der Waals surface area (Å²) in [5, 5.41) is 2.81. The van der Waals surface area contributed by atoms with Crippen molar-refractivity contribution in [3.63, 3.8) is 0 Å². The van der Waals surface area contributed by atoms with Crippen LogP contribution in [-0.2, 0) is 6.54 Å². The molecule has 0 aliphatic carbocycles. The van der Waals surface area contributed by atoms with Gasteiger partial charge in [0.15, 0.2) is 0 Å². The number of hydrogen-bond donors (Lipinski definition) is 0. The lowest BCUT2D eigenvalue weighted by Gasteiger charge is -2.45. The minimum absolute atomic E-state index is 0.577. The summed E-state index contributed by atoms with van der Waals surface area (Å²) in [6.45, 7) is 3.30. The van der Waals surface area contributed by atoms with E-state index in [-0.39, 0.29) is 0 Å². The maximum absolute atomic E-state index is 2.75. The van der Waals surface area contributed by atoms with Crippen LogP contribution in [0.2, 0.25) is 0 Å². The zero-order chi connectivity index (χ0) is 18.2. The molecule has 5 rings (SSSR count). The van der Waals surface area contributed by atoms with Crippen molar-refractivity contribution in [2.24, 2.45) is 0 Å². The number of fused-ring (bicyclic) bond motifs is 3. The fourth-order valence-electron chi connectivity index (χ4n) is 5.09. The number of benzene rings is 3. The van der Waals surface area contributed by atoms with Gasteiger partial charge in [-0.3, -0.25) is 4.90 Å². The van der Waals surface area contributed by atoms with Gasteiger partial charge in [0.2, 0.25) is 0 Å². The van der Waals surface area contributed by atoms with E-state index in [2.05, 4.69) is 84.6 Å². The van der Waals surface area contributed by atoms with E-state index in [0.29, 0.717) is 12.1 Å². The van der Waals surface area contributed by atoms with Crippen molar-refractivity contribution < 1.29 is 0 Å². The molecule has 2 atom stereocenters. The minimum atomic E-state index is 0.577. The highest BCUT2D eigenvalue weighted by Crippen LogP contribution is 2.40. The van der Waals surface area contributed by atoms with Gasteiger partial charge in [0.1, 0.15) is 0 Å². The van der Waals surface area contributed by atoms with Crippen LogP contribution in [-0.4, -0.2) is 17.0 Å². The second-order valence-electron chi connectivity index (χ2n) is 8.18. The first-order valence-electron chi connectivity index (χ1n) is 10.3. The van der Waals surface area contributed by atoms with Crippen molar-refractivity contribution in [3.05, 3.63) is 89.5 Å². The van der Waals surface area contributed by atoms with Gasteiger partial charge < -0.3 is 0 Å². The van der Waals surface area contributed by atoms with Crippen LogP contribution in [0.15, 0.2) is 72.8 Å². The molecule has 136 valence electrons. The summed E-state index contributed by atoms with van der Waals surface area (Å²) < 4.78 is 0. The Balaban J connectivity index is 1.52. The van der Waals surface area contributed by atoms with E-state index in [1.807, 2.05) is 0 Å². The first kappa shape index (κ1) is 16.8. The van der Waals surface area contributed by atoms with E-state index in [4.69, 9.17) is 0 Å². The Morgan fingerprint density at radius 1 is 0.852 bits per heavy atom. The van der Waals surface area contributed by atoms with Crippen molar-refractivity contribution in [3.8, 4) is 0 Å². The first-order valence-corrected chi connectivity index (χ1v) is 10.3. The number of rotatable bonds is 3. The van der Waals surface area contributed by atoms with Gasteiger partial charge in [0, 0.05) is 18.6 Å². The van der Waals surface area contributed by atoms with Gasteiger partial charge in [-0.2, -0.15) is 0 Å². The Morgan fingerprint density at radius 3 is 2.44 bits per heavy atom. The largest absolute Gasteiger partial charge is 0.289 e. The Labute approximate surface area is 162 Å². The molecule has 1 saturated heterocycles. The molecule has 27 heavy (non-hydrogen) atoms. The first-order chi connectivity index (χ1) is 13.3. The van der Waals surface area contributed by atoms with E-state index in [0.717, 1.165) is 6.54 Å². The van der Waals surface area contributed by atoms with Gasteiger partial charge in [-0.1, -0.05) is 79.2 Å². The Hall–Kier alpha value is -2.38. The van der Waals surface area contributed by atoms with Crippen LogP contribution >= 0.6 is 0 Å². The van der Waals surface area contributed by atoms with Crippen LogP contribution in [0, 0.1) is 6.92 Å². The molecular formula is C26H27N. The number of nitrogens with zero attached hydrogens (tertiary/aromatic N) is 1. The molecule has 0 aromatic heterocycles. The summed E-state index contributed by atoms with van der Waals surface area (Å²) in [4.78, 5) is 2.75. The Kier molecular flexibility index (Phi) is 4.33. The smallest absolute Gasteiger partial charge is 0.0290 e. The van der Waals surface area contributed by atoms with E-state index in [9.17, 15) is 0 Å². The lowest BCUT2D eigenvalue weighted by Crippen LogP contribution is -2.47. The van der Waals surface area contributed by atoms with Gasteiger partial charge in [0.25, 0.3) is 0 Å². The lowest BCUT2D eigenvalue weighted by molar-refractivity contribution is 0.0951. The standard InChI is InChI=1S/C26H27N/c1-19-14-15-25(26-13-6-5-12-24(19)26)21-16-22-10-7-11-23(17-21)27(22)18-20-8-3-2-4-9-20/h2-6,8-9,12-16,22-23H,7,10-11,17-18H2,1H3. The van der Waals surface area contributed by atoms with Crippen LogP contribution in [0.25, 0.3) is 16.3 Å². The van der Waals surface area contributed by atoms with Gasteiger partial charge in [-0.15, -0.1) is 0 Å². The Bertz CT molecular complexity index is 986. The van der Waals surface area contributed by atoms with Crippen molar-refractivity contribution >= 4 is 16.3 Å². The predicted molar refractivity (Wildman–Crippen MR) is 115 cm³/mol. The van der Waals surface area contributed by atoms with Crippen LogP contribution < -0.4 is 0 Å². The monoisotopic (exact) mass is 353 g/mol. The summed E-state index contributed by atoms with van der Waals surface area (Å²) in [7, 11) is 0.